The van der Waals surface area contributed by atoms with Crippen molar-refractivity contribution in [1.82, 2.24) is 4.90 Å². The molecule has 6 nitrogen and oxygen atoms in total. The van der Waals surface area contributed by atoms with Crippen LogP contribution >= 0.6 is 11.8 Å². The van der Waals surface area contributed by atoms with Gasteiger partial charge in [-0.2, -0.15) is 0 Å². The molecular formula is C26H32N4O2S. The molecule has 7 heteroatoms. The molecule has 2 aromatic rings. The number of anilines is 1. The summed E-state index contributed by atoms with van der Waals surface area (Å²) < 4.78 is 5.47. The van der Waals surface area contributed by atoms with Gasteiger partial charge >= 0.3 is 6.03 Å². The van der Waals surface area contributed by atoms with Crippen molar-refractivity contribution in [3.63, 3.8) is 0 Å². The highest BCUT2D eigenvalue weighted by Gasteiger charge is 2.40. The summed E-state index contributed by atoms with van der Waals surface area (Å²) in [6, 6.07) is 15.9. The number of benzene rings is 2. The minimum Gasteiger partial charge on any atom is -0.494 e. The molecule has 1 spiro atoms. The predicted molar refractivity (Wildman–Crippen MR) is 138 cm³/mol. The van der Waals surface area contributed by atoms with Gasteiger partial charge in [-0.1, -0.05) is 36.8 Å². The van der Waals surface area contributed by atoms with Crippen LogP contribution in [0.25, 0.3) is 0 Å². The third kappa shape index (κ3) is 5.58. The topological polar surface area (TPSA) is 66.3 Å². The molecule has 0 atom stereocenters. The van der Waals surface area contributed by atoms with E-state index in [4.69, 9.17) is 14.7 Å². The maximum Gasteiger partial charge on any atom is 0.321 e. The van der Waals surface area contributed by atoms with Crippen molar-refractivity contribution in [1.29, 1.82) is 0 Å². The predicted octanol–water partition coefficient (Wildman–Crippen LogP) is 5.76. The second-order valence-corrected chi connectivity index (χ2v) is 9.53. The molecule has 0 bridgehead atoms. The first-order valence-electron chi connectivity index (χ1n) is 11.7. The normalized spacial score (nSPS) is 17.0. The number of ether oxygens (including phenoxy) is 1. The van der Waals surface area contributed by atoms with Crippen molar-refractivity contribution in [3.05, 3.63) is 59.7 Å². The van der Waals surface area contributed by atoms with Crippen molar-refractivity contribution in [2.24, 2.45) is 9.98 Å². The maximum absolute atomic E-state index is 12.8. The molecule has 2 aliphatic rings. The van der Waals surface area contributed by atoms with E-state index in [1.807, 2.05) is 36.1 Å². The first kappa shape index (κ1) is 23.4. The molecule has 2 aliphatic heterocycles. The average molecular weight is 465 g/mol. The average Bonchev–Trinajstić information content (AvgIpc) is 3.17. The van der Waals surface area contributed by atoms with E-state index >= 15 is 0 Å². The van der Waals surface area contributed by atoms with Crippen LogP contribution < -0.4 is 10.1 Å². The zero-order valence-corrected chi connectivity index (χ0v) is 20.5. The molecule has 1 saturated heterocycles. The Hall–Kier alpha value is -2.80. The van der Waals surface area contributed by atoms with E-state index in [1.165, 1.54) is 5.56 Å². The van der Waals surface area contributed by atoms with Gasteiger partial charge in [-0.25, -0.2) is 9.79 Å². The van der Waals surface area contributed by atoms with Gasteiger partial charge in [0.25, 0.3) is 0 Å². The summed E-state index contributed by atoms with van der Waals surface area (Å²) in [5.41, 5.74) is 3.67. The number of likely N-dealkylation sites (tertiary alicyclic amines) is 1. The second-order valence-electron chi connectivity index (χ2n) is 8.45. The van der Waals surface area contributed by atoms with Crippen molar-refractivity contribution in [2.75, 3.05) is 30.8 Å². The Morgan fingerprint density at radius 3 is 2.39 bits per heavy atom. The molecule has 2 aromatic carbocycles. The van der Waals surface area contributed by atoms with E-state index in [9.17, 15) is 4.79 Å². The Morgan fingerprint density at radius 2 is 1.76 bits per heavy atom. The molecule has 0 saturated carbocycles. The molecule has 0 radical (unpaired) electrons. The number of carbonyl (C=O) groups is 1. The third-order valence-corrected chi connectivity index (χ3v) is 7.04. The summed E-state index contributed by atoms with van der Waals surface area (Å²) in [4.78, 5) is 24.9. The highest BCUT2D eigenvalue weighted by molar-refractivity contribution is 8.15. The molecule has 1 fully saturated rings. The summed E-state index contributed by atoms with van der Waals surface area (Å²) in [5, 5.41) is 4.03. The van der Waals surface area contributed by atoms with Crippen LogP contribution in [0.3, 0.4) is 0 Å². The SMILES string of the molecule is CCCSC1=NC2(CCN(C(=O)Nc3ccc(OCC)cc3)CC2)N=C1c1ccc(C)cc1. The van der Waals surface area contributed by atoms with Crippen molar-refractivity contribution >= 4 is 34.2 Å². The maximum atomic E-state index is 12.8. The number of aliphatic imine (C=N–C) groups is 2. The molecule has 1 N–H and O–H groups in total. The number of hydrogen-bond acceptors (Lipinski definition) is 5. The van der Waals surface area contributed by atoms with E-state index < -0.39 is 5.66 Å². The summed E-state index contributed by atoms with van der Waals surface area (Å²) in [7, 11) is 0. The fourth-order valence-corrected chi connectivity index (χ4v) is 4.95. The molecule has 2 amide bonds. The van der Waals surface area contributed by atoms with Gasteiger partial charge in [0.15, 0.2) is 5.66 Å². The monoisotopic (exact) mass is 464 g/mol. The zero-order chi connectivity index (χ0) is 23.3. The van der Waals surface area contributed by atoms with E-state index in [2.05, 4.69) is 43.4 Å². The lowest BCUT2D eigenvalue weighted by molar-refractivity contribution is 0.175. The van der Waals surface area contributed by atoms with Gasteiger partial charge < -0.3 is 15.0 Å². The van der Waals surface area contributed by atoms with Crippen molar-refractivity contribution in [2.45, 2.75) is 45.7 Å². The number of piperidine rings is 1. The van der Waals surface area contributed by atoms with Gasteiger partial charge in [0.05, 0.1) is 12.3 Å². The summed E-state index contributed by atoms with van der Waals surface area (Å²) >= 11 is 1.79. The second kappa shape index (κ2) is 10.4. The van der Waals surface area contributed by atoms with Crippen LogP contribution in [0.5, 0.6) is 5.75 Å². The fourth-order valence-electron chi connectivity index (χ4n) is 4.02. The third-order valence-electron chi connectivity index (χ3n) is 5.87. The van der Waals surface area contributed by atoms with Gasteiger partial charge in [-0.05, 0) is 50.3 Å². The zero-order valence-electron chi connectivity index (χ0n) is 19.6. The highest BCUT2D eigenvalue weighted by Crippen LogP contribution is 2.36. The molecule has 4 rings (SSSR count). The minimum absolute atomic E-state index is 0.0840. The lowest BCUT2D eigenvalue weighted by atomic mass is 9.98. The van der Waals surface area contributed by atoms with Gasteiger partial charge in [-0.3, -0.25) is 4.99 Å². The largest absolute Gasteiger partial charge is 0.494 e. The van der Waals surface area contributed by atoms with E-state index in [-0.39, 0.29) is 6.03 Å². The van der Waals surface area contributed by atoms with Crippen LogP contribution in [0.1, 0.15) is 44.2 Å². The lowest BCUT2D eigenvalue weighted by Crippen LogP contribution is -2.46. The van der Waals surface area contributed by atoms with Gasteiger partial charge in [0.2, 0.25) is 0 Å². The van der Waals surface area contributed by atoms with E-state index in [0.29, 0.717) is 19.7 Å². The summed E-state index contributed by atoms with van der Waals surface area (Å²) in [6.45, 7) is 8.10. The number of nitrogens with zero attached hydrogens (tertiary/aromatic N) is 3. The summed E-state index contributed by atoms with van der Waals surface area (Å²) in [5.74, 6) is 1.82. The van der Waals surface area contributed by atoms with Gasteiger partial charge in [0.1, 0.15) is 10.8 Å². The van der Waals surface area contributed by atoms with E-state index in [1.54, 1.807) is 11.8 Å². The first-order chi connectivity index (χ1) is 16.0. The van der Waals surface area contributed by atoms with Crippen LogP contribution in [-0.2, 0) is 0 Å². The lowest BCUT2D eigenvalue weighted by Gasteiger charge is -2.35. The number of rotatable bonds is 6. The number of amides is 2. The summed E-state index contributed by atoms with van der Waals surface area (Å²) in [6.07, 6.45) is 2.56. The number of nitrogens with one attached hydrogen (secondary N) is 1. The molecule has 0 aliphatic carbocycles. The highest BCUT2D eigenvalue weighted by atomic mass is 32.2. The van der Waals surface area contributed by atoms with Crippen molar-refractivity contribution < 1.29 is 9.53 Å². The Labute approximate surface area is 200 Å². The Morgan fingerprint density at radius 1 is 1.06 bits per heavy atom. The van der Waals surface area contributed by atoms with Crippen molar-refractivity contribution in [3.8, 4) is 5.75 Å². The van der Waals surface area contributed by atoms with Crippen LogP contribution in [0.2, 0.25) is 0 Å². The number of carbonyl (C=O) groups excluding carboxylic acids is 1. The molecule has 0 aromatic heterocycles. The minimum atomic E-state index is -0.452. The molecule has 174 valence electrons. The number of aryl methyl sites for hydroxylation is 1. The fraction of sp³-hybridized carbons (Fsp3) is 0.423. The van der Waals surface area contributed by atoms with Gasteiger partial charge in [-0.15, -0.1) is 11.8 Å². The number of thioether (sulfide) groups is 1. The smallest absolute Gasteiger partial charge is 0.321 e. The number of hydrogen-bond donors (Lipinski definition) is 1. The van der Waals surface area contributed by atoms with Gasteiger partial charge in [0, 0.05) is 37.2 Å². The van der Waals surface area contributed by atoms with Crippen LogP contribution in [0.15, 0.2) is 58.5 Å². The van der Waals surface area contributed by atoms with Crippen LogP contribution in [0, 0.1) is 6.92 Å². The molecule has 33 heavy (non-hydrogen) atoms. The Balaban J connectivity index is 1.42. The first-order valence-corrected chi connectivity index (χ1v) is 12.7. The quantitative estimate of drug-likeness (QED) is 0.591. The Bertz CT molecular complexity index is 1020. The van der Waals surface area contributed by atoms with Crippen LogP contribution in [-0.4, -0.2) is 52.8 Å². The molecule has 2 heterocycles. The molecular weight excluding hydrogens is 432 g/mol. The Kier molecular flexibility index (Phi) is 7.38. The standard InChI is InChI=1S/C26H32N4O2S/c1-4-18-33-24-23(20-8-6-19(3)7-9-20)28-26(29-24)14-16-30(17-15-26)25(31)27-21-10-12-22(13-11-21)32-5-2/h6-13H,4-5,14-18H2,1-3H3,(H,27,31). The molecule has 0 unspecified atom stereocenters. The van der Waals surface area contributed by atoms with E-state index in [0.717, 1.165) is 52.8 Å². The number of urea groups is 1. The van der Waals surface area contributed by atoms with Crippen LogP contribution in [0.4, 0.5) is 10.5 Å².